The Labute approximate surface area is 194 Å². The normalized spacial score (nSPS) is 17.5. The molecule has 3 aromatic carbocycles. The third-order valence-electron chi connectivity index (χ3n) is 6.23. The van der Waals surface area contributed by atoms with Gasteiger partial charge in [0.05, 0.1) is 17.8 Å². The number of benzene rings is 3. The van der Waals surface area contributed by atoms with E-state index in [4.69, 9.17) is 9.72 Å². The molecule has 0 N–H and O–H groups in total. The number of aromatic nitrogens is 2. The highest BCUT2D eigenvalue weighted by Gasteiger charge is 2.39. The molecule has 1 aromatic heterocycles. The maximum atomic E-state index is 13.4. The molecule has 0 saturated heterocycles. The summed E-state index contributed by atoms with van der Waals surface area (Å²) < 4.78 is 7.51. The summed E-state index contributed by atoms with van der Waals surface area (Å²) in [5.74, 6) is 0.886. The lowest BCUT2D eigenvalue weighted by molar-refractivity contribution is -0.142. The van der Waals surface area contributed by atoms with E-state index in [2.05, 4.69) is 47.2 Å². The van der Waals surface area contributed by atoms with Crippen LogP contribution in [0.5, 0.6) is 0 Å². The molecule has 2 unspecified atom stereocenters. The Morgan fingerprint density at radius 2 is 1.58 bits per heavy atom. The second kappa shape index (κ2) is 9.43. The molecular formula is C28H27N3O2. The lowest BCUT2D eigenvalue weighted by Crippen LogP contribution is -2.46. The Morgan fingerprint density at radius 3 is 2.24 bits per heavy atom. The number of nitrogens with zero attached hydrogens (tertiary/aromatic N) is 3. The molecule has 4 aromatic rings. The molecule has 5 rings (SSSR count). The number of hydrogen-bond acceptors (Lipinski definition) is 3. The number of methoxy groups -OCH3 is 1. The molecule has 0 radical (unpaired) electrons. The second-order valence-electron chi connectivity index (χ2n) is 8.37. The van der Waals surface area contributed by atoms with Crippen molar-refractivity contribution >= 4 is 5.91 Å². The van der Waals surface area contributed by atoms with E-state index in [9.17, 15) is 4.79 Å². The van der Waals surface area contributed by atoms with Gasteiger partial charge in [-0.05, 0) is 11.1 Å². The number of rotatable bonds is 6. The van der Waals surface area contributed by atoms with Crippen LogP contribution < -0.4 is 0 Å². The van der Waals surface area contributed by atoms with Crippen molar-refractivity contribution in [2.24, 2.45) is 0 Å². The van der Waals surface area contributed by atoms with Crippen LogP contribution in [-0.4, -0.2) is 34.1 Å². The third kappa shape index (κ3) is 4.32. The summed E-state index contributed by atoms with van der Waals surface area (Å²) in [6.07, 6.45) is 2.81. The van der Waals surface area contributed by atoms with Crippen LogP contribution in [0.2, 0.25) is 0 Å². The fraction of sp³-hybridized carbons (Fsp3) is 0.214. The van der Waals surface area contributed by atoms with E-state index >= 15 is 0 Å². The lowest BCUT2D eigenvalue weighted by Gasteiger charge is -2.42. The first-order valence-corrected chi connectivity index (χ1v) is 11.3. The molecule has 1 aliphatic rings. The van der Waals surface area contributed by atoms with E-state index in [1.54, 1.807) is 7.11 Å². The first kappa shape index (κ1) is 21.2. The largest absolute Gasteiger partial charge is 0.375 e. The molecular weight excluding hydrogens is 410 g/mol. The average molecular weight is 438 g/mol. The Kier molecular flexibility index (Phi) is 6.05. The molecule has 5 heteroatoms. The van der Waals surface area contributed by atoms with E-state index in [1.165, 1.54) is 5.56 Å². The van der Waals surface area contributed by atoms with Crippen LogP contribution in [0, 0.1) is 0 Å². The van der Waals surface area contributed by atoms with Crippen LogP contribution in [0.1, 0.15) is 29.0 Å². The van der Waals surface area contributed by atoms with E-state index in [1.807, 2.05) is 59.5 Å². The van der Waals surface area contributed by atoms with Crippen molar-refractivity contribution in [2.75, 3.05) is 13.7 Å². The number of carbonyl (C=O) groups is 1. The topological polar surface area (TPSA) is 47.4 Å². The van der Waals surface area contributed by atoms with E-state index in [0.29, 0.717) is 13.0 Å². The predicted octanol–water partition coefficient (Wildman–Crippen LogP) is 5.06. The summed E-state index contributed by atoms with van der Waals surface area (Å²) in [4.78, 5) is 20.5. The van der Waals surface area contributed by atoms with Gasteiger partial charge < -0.3 is 14.2 Å². The van der Waals surface area contributed by atoms with Crippen molar-refractivity contribution < 1.29 is 9.53 Å². The molecule has 2 atom stereocenters. The third-order valence-corrected chi connectivity index (χ3v) is 6.23. The van der Waals surface area contributed by atoms with E-state index in [0.717, 1.165) is 22.6 Å². The highest BCUT2D eigenvalue weighted by Crippen LogP contribution is 2.40. The molecule has 0 spiro atoms. The van der Waals surface area contributed by atoms with Crippen molar-refractivity contribution in [2.45, 2.75) is 25.0 Å². The van der Waals surface area contributed by atoms with Gasteiger partial charge in [0.25, 0.3) is 0 Å². The van der Waals surface area contributed by atoms with Gasteiger partial charge >= 0.3 is 0 Å². The zero-order valence-corrected chi connectivity index (χ0v) is 18.7. The Balaban J connectivity index is 1.64. The molecule has 0 aliphatic carbocycles. The minimum absolute atomic E-state index is 0.0252. The molecule has 0 bridgehead atoms. The summed E-state index contributed by atoms with van der Waals surface area (Å²) >= 11 is 0. The zero-order valence-electron chi connectivity index (χ0n) is 18.7. The first-order valence-electron chi connectivity index (χ1n) is 11.3. The van der Waals surface area contributed by atoms with Crippen LogP contribution in [0.25, 0.3) is 11.3 Å². The maximum Gasteiger partial charge on any atom is 0.249 e. The van der Waals surface area contributed by atoms with Crippen LogP contribution in [-0.2, 0) is 22.5 Å². The van der Waals surface area contributed by atoms with Crippen LogP contribution >= 0.6 is 0 Å². The lowest BCUT2D eigenvalue weighted by atomic mass is 9.95. The molecule has 33 heavy (non-hydrogen) atoms. The summed E-state index contributed by atoms with van der Waals surface area (Å²) in [7, 11) is 1.57. The Morgan fingerprint density at radius 1 is 0.939 bits per heavy atom. The quantitative estimate of drug-likeness (QED) is 0.423. The molecule has 5 nitrogen and oxygen atoms in total. The second-order valence-corrected chi connectivity index (χ2v) is 8.37. The molecule has 0 saturated carbocycles. The summed E-state index contributed by atoms with van der Waals surface area (Å²) in [6, 6.07) is 30.4. The van der Waals surface area contributed by atoms with Crippen LogP contribution in [0.4, 0.5) is 0 Å². The maximum absolute atomic E-state index is 13.4. The minimum Gasteiger partial charge on any atom is -0.375 e. The molecule has 2 heterocycles. The van der Waals surface area contributed by atoms with Gasteiger partial charge in [0, 0.05) is 31.8 Å². The number of imidazole rings is 1. The van der Waals surface area contributed by atoms with Gasteiger partial charge in [0.1, 0.15) is 12.4 Å². The van der Waals surface area contributed by atoms with Crippen LogP contribution in [0.15, 0.2) is 97.2 Å². The van der Waals surface area contributed by atoms with Gasteiger partial charge in [-0.2, -0.15) is 0 Å². The standard InChI is InChI=1S/C28H27N3O2/c1-33-20-27(32)31-25(17-21-11-5-2-6-12-21)28-29-24(22-13-7-3-8-14-22)18-30(28)19-26(31)23-15-9-4-10-16-23/h2-16,18,25-26H,17,19-20H2,1H3. The molecule has 0 fully saturated rings. The number of hydrogen-bond donors (Lipinski definition) is 0. The highest BCUT2D eigenvalue weighted by molar-refractivity contribution is 5.79. The molecule has 1 amide bonds. The zero-order chi connectivity index (χ0) is 22.6. The van der Waals surface area contributed by atoms with Crippen molar-refractivity contribution in [1.29, 1.82) is 0 Å². The van der Waals surface area contributed by atoms with Crippen molar-refractivity contribution in [3.05, 3.63) is 114 Å². The van der Waals surface area contributed by atoms with Crippen LogP contribution in [0.3, 0.4) is 0 Å². The SMILES string of the molecule is COCC(=O)N1C(c2ccccc2)Cn2cc(-c3ccccc3)nc2C1Cc1ccccc1. The number of ether oxygens (including phenoxy) is 1. The van der Waals surface area contributed by atoms with Gasteiger partial charge in [0.15, 0.2) is 0 Å². The van der Waals surface area contributed by atoms with Gasteiger partial charge in [-0.3, -0.25) is 4.79 Å². The van der Waals surface area contributed by atoms with Gasteiger partial charge in [-0.1, -0.05) is 91.0 Å². The Hall–Kier alpha value is -3.70. The number of fused-ring (bicyclic) bond motifs is 1. The number of amides is 1. The first-order chi connectivity index (χ1) is 16.2. The van der Waals surface area contributed by atoms with Crippen molar-refractivity contribution in [3.63, 3.8) is 0 Å². The summed E-state index contributed by atoms with van der Waals surface area (Å²) in [5, 5.41) is 0. The van der Waals surface area contributed by atoms with Gasteiger partial charge in [0.2, 0.25) is 5.91 Å². The predicted molar refractivity (Wildman–Crippen MR) is 128 cm³/mol. The highest BCUT2D eigenvalue weighted by atomic mass is 16.5. The van der Waals surface area contributed by atoms with Gasteiger partial charge in [-0.15, -0.1) is 0 Å². The average Bonchev–Trinajstić information content (AvgIpc) is 3.30. The van der Waals surface area contributed by atoms with Gasteiger partial charge in [-0.25, -0.2) is 4.98 Å². The smallest absolute Gasteiger partial charge is 0.249 e. The Bertz CT molecular complexity index is 1210. The van der Waals surface area contributed by atoms with E-state index in [-0.39, 0.29) is 24.6 Å². The van der Waals surface area contributed by atoms with E-state index < -0.39 is 0 Å². The number of carbonyl (C=O) groups excluding carboxylic acids is 1. The monoisotopic (exact) mass is 437 g/mol. The summed E-state index contributed by atoms with van der Waals surface area (Å²) in [6.45, 7) is 0.695. The molecule has 166 valence electrons. The van der Waals surface area contributed by atoms with Crippen molar-refractivity contribution in [3.8, 4) is 11.3 Å². The fourth-order valence-electron chi connectivity index (χ4n) is 4.72. The minimum atomic E-state index is -0.202. The molecule has 1 aliphatic heterocycles. The summed E-state index contributed by atoms with van der Waals surface area (Å²) in [5.41, 5.74) is 4.28. The fourth-order valence-corrected chi connectivity index (χ4v) is 4.72. The van der Waals surface area contributed by atoms with Crippen molar-refractivity contribution in [1.82, 2.24) is 14.5 Å².